The number of phenols is 2. The van der Waals surface area contributed by atoms with Gasteiger partial charge in [0, 0.05) is 7.05 Å². The highest BCUT2D eigenvalue weighted by Gasteiger charge is 2.18. The number of aromatic hydroxyl groups is 2. The van der Waals surface area contributed by atoms with E-state index in [4.69, 9.17) is 18.0 Å². The summed E-state index contributed by atoms with van der Waals surface area (Å²) in [5.41, 5.74) is 5.88. The molecule has 0 spiro atoms. The molecule has 1 heterocycles. The lowest BCUT2D eigenvalue weighted by Crippen LogP contribution is -2.18. The standard InChI is InChI=1S/C12H12N4O3S/c1-16-11(7(5-14-16)10(13)20)15-12(19)6-3-2-4-8(17)9(6)18/h2-5,17-18H,1H3,(H2,13,20)(H,15,19). The average molecular weight is 292 g/mol. The maximum absolute atomic E-state index is 12.1. The highest BCUT2D eigenvalue weighted by Crippen LogP contribution is 2.29. The minimum atomic E-state index is -0.612. The highest BCUT2D eigenvalue weighted by molar-refractivity contribution is 7.80. The van der Waals surface area contributed by atoms with E-state index < -0.39 is 11.7 Å². The SMILES string of the molecule is Cn1ncc(C(N)=S)c1NC(=O)c1cccc(O)c1O. The molecular weight excluding hydrogens is 280 g/mol. The number of hydrogen-bond donors (Lipinski definition) is 4. The molecule has 104 valence electrons. The van der Waals surface area contributed by atoms with Gasteiger partial charge in [-0.2, -0.15) is 5.10 Å². The fourth-order valence-electron chi connectivity index (χ4n) is 1.66. The Bertz CT molecular complexity index is 696. The van der Waals surface area contributed by atoms with Crippen LogP contribution in [0.5, 0.6) is 11.5 Å². The Morgan fingerprint density at radius 1 is 1.40 bits per heavy atom. The first-order valence-corrected chi connectivity index (χ1v) is 5.96. The van der Waals surface area contributed by atoms with Crippen molar-refractivity contribution in [3.63, 3.8) is 0 Å². The zero-order chi connectivity index (χ0) is 14.9. The van der Waals surface area contributed by atoms with Gasteiger partial charge in [0.1, 0.15) is 10.8 Å². The monoisotopic (exact) mass is 292 g/mol. The molecule has 8 heteroatoms. The third-order valence-electron chi connectivity index (χ3n) is 2.70. The Balaban J connectivity index is 2.35. The number of benzene rings is 1. The summed E-state index contributed by atoms with van der Waals surface area (Å²) in [5, 5.41) is 25.5. The first-order valence-electron chi connectivity index (χ1n) is 5.56. The molecule has 20 heavy (non-hydrogen) atoms. The summed E-state index contributed by atoms with van der Waals surface area (Å²) >= 11 is 4.86. The number of rotatable bonds is 3. The fraction of sp³-hybridized carbons (Fsp3) is 0.0833. The molecule has 1 amide bonds. The number of amides is 1. The van der Waals surface area contributed by atoms with Crippen molar-refractivity contribution in [2.45, 2.75) is 0 Å². The molecule has 1 aromatic carbocycles. The summed E-state index contributed by atoms with van der Waals surface area (Å²) in [7, 11) is 1.61. The van der Waals surface area contributed by atoms with Crippen LogP contribution >= 0.6 is 12.2 Å². The van der Waals surface area contributed by atoms with Crippen LogP contribution in [0, 0.1) is 0 Å². The fourth-order valence-corrected chi connectivity index (χ4v) is 1.80. The van der Waals surface area contributed by atoms with E-state index in [9.17, 15) is 15.0 Å². The summed E-state index contributed by atoms with van der Waals surface area (Å²) < 4.78 is 1.40. The molecule has 0 bridgehead atoms. The normalized spacial score (nSPS) is 10.2. The molecule has 0 radical (unpaired) electrons. The predicted octanol–water partition coefficient (Wildman–Crippen LogP) is 0.718. The van der Waals surface area contributed by atoms with Gasteiger partial charge >= 0.3 is 0 Å². The van der Waals surface area contributed by atoms with Crippen LogP contribution in [-0.4, -0.2) is 30.9 Å². The van der Waals surface area contributed by atoms with Crippen LogP contribution in [0.4, 0.5) is 5.82 Å². The summed E-state index contributed by atoms with van der Waals surface area (Å²) in [6, 6.07) is 4.10. The van der Waals surface area contributed by atoms with E-state index in [-0.39, 0.29) is 16.3 Å². The number of nitrogens with one attached hydrogen (secondary N) is 1. The van der Waals surface area contributed by atoms with Gasteiger partial charge in [0.05, 0.1) is 17.3 Å². The molecule has 0 saturated carbocycles. The van der Waals surface area contributed by atoms with E-state index in [1.54, 1.807) is 7.05 Å². The average Bonchev–Trinajstić information content (AvgIpc) is 2.74. The van der Waals surface area contributed by atoms with Crippen LogP contribution in [0.25, 0.3) is 0 Å². The van der Waals surface area contributed by atoms with Crippen LogP contribution in [0.3, 0.4) is 0 Å². The Morgan fingerprint density at radius 2 is 2.10 bits per heavy atom. The second-order valence-electron chi connectivity index (χ2n) is 4.02. The number of hydrogen-bond acceptors (Lipinski definition) is 5. The topological polar surface area (TPSA) is 113 Å². The van der Waals surface area contributed by atoms with Gasteiger partial charge in [-0.15, -0.1) is 0 Å². The van der Waals surface area contributed by atoms with Gasteiger partial charge in [0.25, 0.3) is 5.91 Å². The van der Waals surface area contributed by atoms with Crippen molar-refractivity contribution in [1.82, 2.24) is 9.78 Å². The molecule has 0 saturated heterocycles. The summed E-state index contributed by atoms with van der Waals surface area (Å²) in [4.78, 5) is 12.2. The number of nitrogens with zero attached hydrogens (tertiary/aromatic N) is 2. The molecule has 0 fully saturated rings. The van der Waals surface area contributed by atoms with Gasteiger partial charge in [-0.05, 0) is 12.1 Å². The maximum atomic E-state index is 12.1. The number of carbonyl (C=O) groups is 1. The van der Waals surface area contributed by atoms with Gasteiger partial charge in [0.15, 0.2) is 11.5 Å². The van der Waals surface area contributed by atoms with Gasteiger partial charge < -0.3 is 21.3 Å². The molecule has 5 N–H and O–H groups in total. The van der Waals surface area contributed by atoms with Crippen LogP contribution in [-0.2, 0) is 7.05 Å². The predicted molar refractivity (Wildman–Crippen MR) is 76.8 cm³/mol. The minimum Gasteiger partial charge on any atom is -0.504 e. The molecule has 2 aromatic rings. The van der Waals surface area contributed by atoms with E-state index in [2.05, 4.69) is 10.4 Å². The molecule has 2 rings (SSSR count). The number of carbonyl (C=O) groups excluding carboxylic acids is 1. The van der Waals surface area contributed by atoms with Crippen molar-refractivity contribution in [1.29, 1.82) is 0 Å². The van der Waals surface area contributed by atoms with E-state index in [1.807, 2.05) is 0 Å². The second kappa shape index (κ2) is 5.17. The van der Waals surface area contributed by atoms with Crippen LogP contribution in [0.1, 0.15) is 15.9 Å². The summed E-state index contributed by atoms with van der Waals surface area (Å²) in [6.07, 6.45) is 1.43. The number of para-hydroxylation sites is 1. The minimum absolute atomic E-state index is 0.0694. The number of phenolic OH excluding ortho intramolecular Hbond substituents is 2. The van der Waals surface area contributed by atoms with E-state index >= 15 is 0 Å². The van der Waals surface area contributed by atoms with Crippen LogP contribution in [0.15, 0.2) is 24.4 Å². The Kier molecular flexibility index (Phi) is 3.57. The van der Waals surface area contributed by atoms with Gasteiger partial charge in [-0.25, -0.2) is 0 Å². The first-order chi connectivity index (χ1) is 9.41. The zero-order valence-electron chi connectivity index (χ0n) is 10.5. The van der Waals surface area contributed by atoms with Crippen molar-refractivity contribution in [2.75, 3.05) is 5.32 Å². The molecule has 7 nitrogen and oxygen atoms in total. The number of nitrogens with two attached hydrogens (primary N) is 1. The van der Waals surface area contributed by atoms with Crippen molar-refractivity contribution in [2.24, 2.45) is 12.8 Å². The lowest BCUT2D eigenvalue weighted by atomic mass is 10.1. The van der Waals surface area contributed by atoms with Gasteiger partial charge in [-0.3, -0.25) is 9.48 Å². The number of aromatic nitrogens is 2. The van der Waals surface area contributed by atoms with Gasteiger partial charge in [0.2, 0.25) is 0 Å². The quantitative estimate of drug-likeness (QED) is 0.489. The van der Waals surface area contributed by atoms with E-state index in [0.717, 1.165) is 0 Å². The molecule has 0 unspecified atom stereocenters. The smallest absolute Gasteiger partial charge is 0.260 e. The van der Waals surface area contributed by atoms with Crippen molar-refractivity contribution in [3.05, 3.63) is 35.5 Å². The largest absolute Gasteiger partial charge is 0.504 e. The van der Waals surface area contributed by atoms with Crippen molar-refractivity contribution in [3.8, 4) is 11.5 Å². The summed E-state index contributed by atoms with van der Waals surface area (Å²) in [5.74, 6) is -1.17. The molecule has 0 aliphatic carbocycles. The molecule has 0 aliphatic rings. The third kappa shape index (κ3) is 2.41. The highest BCUT2D eigenvalue weighted by atomic mass is 32.1. The van der Waals surface area contributed by atoms with Crippen molar-refractivity contribution >= 4 is 28.9 Å². The summed E-state index contributed by atoms with van der Waals surface area (Å²) in [6.45, 7) is 0. The van der Waals surface area contributed by atoms with Gasteiger partial charge in [-0.1, -0.05) is 18.3 Å². The first kappa shape index (κ1) is 13.8. The van der Waals surface area contributed by atoms with Crippen LogP contribution < -0.4 is 11.1 Å². The molecular formula is C12H12N4O3S. The number of thiocarbonyl (C=S) groups is 1. The Hall–Kier alpha value is -2.61. The maximum Gasteiger partial charge on any atom is 0.260 e. The van der Waals surface area contributed by atoms with E-state index in [0.29, 0.717) is 11.4 Å². The van der Waals surface area contributed by atoms with Crippen LogP contribution in [0.2, 0.25) is 0 Å². The second-order valence-corrected chi connectivity index (χ2v) is 4.46. The lowest BCUT2D eigenvalue weighted by Gasteiger charge is -2.09. The molecule has 1 aromatic heterocycles. The third-order valence-corrected chi connectivity index (χ3v) is 2.92. The Morgan fingerprint density at radius 3 is 2.75 bits per heavy atom. The number of anilines is 1. The Labute approximate surface area is 119 Å². The van der Waals surface area contributed by atoms with Crippen molar-refractivity contribution < 1.29 is 15.0 Å². The molecule has 0 aliphatic heterocycles. The number of aryl methyl sites for hydroxylation is 1. The zero-order valence-corrected chi connectivity index (χ0v) is 11.3. The molecule has 0 atom stereocenters. The van der Waals surface area contributed by atoms with E-state index in [1.165, 1.54) is 29.1 Å². The lowest BCUT2D eigenvalue weighted by molar-refractivity contribution is 0.102.